The smallest absolute Gasteiger partial charge is 0.285 e. The van der Waals surface area contributed by atoms with Gasteiger partial charge in [0, 0.05) is 30.6 Å². The van der Waals surface area contributed by atoms with Crippen LogP contribution < -0.4 is 5.32 Å². The fourth-order valence-corrected chi connectivity index (χ4v) is 5.36. The molecule has 0 spiro atoms. The molecule has 0 saturated carbocycles. The summed E-state index contributed by atoms with van der Waals surface area (Å²) in [6.07, 6.45) is 3.23. The lowest BCUT2D eigenvalue weighted by atomic mass is 9.94. The zero-order valence-electron chi connectivity index (χ0n) is 17.1. The zero-order chi connectivity index (χ0) is 21.1. The van der Waals surface area contributed by atoms with Crippen molar-refractivity contribution in [1.29, 1.82) is 0 Å². The lowest BCUT2D eigenvalue weighted by Crippen LogP contribution is -2.44. The molecule has 1 amide bonds. The van der Waals surface area contributed by atoms with Crippen LogP contribution >= 0.6 is 0 Å². The third-order valence-corrected chi connectivity index (χ3v) is 7.20. The van der Waals surface area contributed by atoms with Crippen LogP contribution in [0.3, 0.4) is 0 Å². The maximum Gasteiger partial charge on any atom is 0.285 e. The summed E-state index contributed by atoms with van der Waals surface area (Å²) >= 11 is 0. The van der Waals surface area contributed by atoms with Crippen molar-refractivity contribution in [3.8, 4) is 0 Å². The van der Waals surface area contributed by atoms with E-state index in [1.165, 1.54) is 5.56 Å². The number of sulfonamides is 1. The Morgan fingerprint density at radius 2 is 1.77 bits per heavy atom. The number of piperidine rings is 1. The van der Waals surface area contributed by atoms with E-state index >= 15 is 0 Å². The van der Waals surface area contributed by atoms with Gasteiger partial charge in [0.05, 0.1) is 0 Å². The molecule has 6 nitrogen and oxygen atoms in total. The van der Waals surface area contributed by atoms with Crippen molar-refractivity contribution >= 4 is 21.8 Å². The minimum absolute atomic E-state index is 0.0470. The molecule has 0 aromatic heterocycles. The number of nitrogens with one attached hydrogen (secondary N) is 1. The van der Waals surface area contributed by atoms with Gasteiger partial charge in [0.2, 0.25) is 5.91 Å². The van der Waals surface area contributed by atoms with E-state index in [1.807, 2.05) is 36.1 Å². The molecule has 158 valence electrons. The van der Waals surface area contributed by atoms with Gasteiger partial charge < -0.3 is 10.2 Å². The van der Waals surface area contributed by atoms with E-state index in [0.717, 1.165) is 12.8 Å². The SMILES string of the molecule is C[C@H](CCc1ccccc1)NC(=O)C1CCN(C2=NS(=O)(=O)c3ccccc32)CC1. The largest absolute Gasteiger partial charge is 0.355 e. The number of rotatable bonds is 5. The molecule has 2 aromatic rings. The molecule has 2 heterocycles. The maximum absolute atomic E-state index is 12.7. The number of hydrogen-bond donors (Lipinski definition) is 1. The summed E-state index contributed by atoms with van der Waals surface area (Å²) < 4.78 is 28.6. The highest BCUT2D eigenvalue weighted by atomic mass is 32.2. The van der Waals surface area contributed by atoms with Gasteiger partial charge in [0.15, 0.2) is 5.84 Å². The van der Waals surface area contributed by atoms with Crippen LogP contribution in [0.2, 0.25) is 0 Å². The van der Waals surface area contributed by atoms with Crippen LogP contribution in [0.25, 0.3) is 0 Å². The number of amidine groups is 1. The first-order valence-corrected chi connectivity index (χ1v) is 11.9. The van der Waals surface area contributed by atoms with Crippen LogP contribution in [0, 0.1) is 5.92 Å². The highest BCUT2D eigenvalue weighted by Crippen LogP contribution is 2.29. The Hall–Kier alpha value is -2.67. The third kappa shape index (κ3) is 4.41. The van der Waals surface area contributed by atoms with E-state index in [2.05, 4.69) is 21.8 Å². The molecule has 30 heavy (non-hydrogen) atoms. The Bertz CT molecular complexity index is 1040. The Morgan fingerprint density at radius 1 is 1.10 bits per heavy atom. The lowest BCUT2D eigenvalue weighted by Gasteiger charge is -2.33. The molecule has 2 aliphatic heterocycles. The number of aryl methyl sites for hydroxylation is 1. The second-order valence-corrected chi connectivity index (χ2v) is 9.65. The van der Waals surface area contributed by atoms with Gasteiger partial charge in [0.25, 0.3) is 10.0 Å². The summed E-state index contributed by atoms with van der Waals surface area (Å²) in [5, 5.41) is 3.15. The lowest BCUT2D eigenvalue weighted by molar-refractivity contribution is -0.126. The third-order valence-electron chi connectivity index (χ3n) is 5.88. The number of hydrogen-bond acceptors (Lipinski definition) is 4. The monoisotopic (exact) mass is 425 g/mol. The van der Waals surface area contributed by atoms with Gasteiger partial charge in [-0.2, -0.15) is 8.42 Å². The zero-order valence-corrected chi connectivity index (χ0v) is 17.9. The van der Waals surface area contributed by atoms with E-state index in [0.29, 0.717) is 37.3 Å². The van der Waals surface area contributed by atoms with Gasteiger partial charge in [-0.1, -0.05) is 42.5 Å². The maximum atomic E-state index is 12.7. The fraction of sp³-hybridized carbons (Fsp3) is 0.391. The van der Waals surface area contributed by atoms with Gasteiger partial charge in [0.1, 0.15) is 4.90 Å². The summed E-state index contributed by atoms with van der Waals surface area (Å²) in [4.78, 5) is 15.0. The second-order valence-electron chi connectivity index (χ2n) is 8.08. The minimum atomic E-state index is -3.61. The molecule has 1 saturated heterocycles. The summed E-state index contributed by atoms with van der Waals surface area (Å²) in [5.41, 5.74) is 1.94. The van der Waals surface area contributed by atoms with Gasteiger partial charge in [-0.3, -0.25) is 4.79 Å². The first-order valence-electron chi connectivity index (χ1n) is 10.5. The summed E-state index contributed by atoms with van der Waals surface area (Å²) in [5.74, 6) is 0.562. The molecule has 1 N–H and O–H groups in total. The molecule has 2 aliphatic rings. The predicted molar refractivity (Wildman–Crippen MR) is 117 cm³/mol. The number of likely N-dealkylation sites (tertiary alicyclic amines) is 1. The Balaban J connectivity index is 1.30. The van der Waals surface area contributed by atoms with Crippen molar-refractivity contribution in [2.75, 3.05) is 13.1 Å². The molecule has 0 unspecified atom stereocenters. The summed E-state index contributed by atoms with van der Waals surface area (Å²) in [7, 11) is -3.61. The molecule has 4 rings (SSSR count). The van der Waals surface area contributed by atoms with Crippen LogP contribution in [0.4, 0.5) is 0 Å². The molecule has 0 aliphatic carbocycles. The standard InChI is InChI=1S/C23H27N3O3S/c1-17(11-12-18-7-3-2-4-8-18)24-23(27)19-13-15-26(16-14-19)22-20-9-5-6-10-21(20)30(28,29)25-22/h2-10,17,19H,11-16H2,1H3,(H,24,27)/t17-/m1/s1. The second kappa shape index (κ2) is 8.60. The average Bonchev–Trinajstić information content (AvgIpc) is 3.04. The number of nitrogens with zero attached hydrogens (tertiary/aromatic N) is 2. The molecule has 2 aromatic carbocycles. The van der Waals surface area contributed by atoms with Crippen LogP contribution in [0.1, 0.15) is 37.3 Å². The molecule has 0 bridgehead atoms. The molecule has 0 radical (unpaired) electrons. The summed E-state index contributed by atoms with van der Waals surface area (Å²) in [6.45, 7) is 3.30. The van der Waals surface area contributed by atoms with Gasteiger partial charge in [-0.05, 0) is 50.3 Å². The van der Waals surface area contributed by atoms with Crippen LogP contribution in [-0.2, 0) is 21.2 Å². The average molecular weight is 426 g/mol. The van der Waals surface area contributed by atoms with Crippen LogP contribution in [0.5, 0.6) is 0 Å². The number of carbonyl (C=O) groups is 1. The highest BCUT2D eigenvalue weighted by molar-refractivity contribution is 7.90. The first kappa shape index (κ1) is 20.6. The van der Waals surface area contributed by atoms with E-state index in [1.54, 1.807) is 18.2 Å². The van der Waals surface area contributed by atoms with Crippen molar-refractivity contribution < 1.29 is 13.2 Å². The van der Waals surface area contributed by atoms with Crippen molar-refractivity contribution in [3.05, 3.63) is 65.7 Å². The summed E-state index contributed by atoms with van der Waals surface area (Å²) in [6, 6.07) is 17.3. The Morgan fingerprint density at radius 3 is 2.50 bits per heavy atom. The minimum Gasteiger partial charge on any atom is -0.355 e. The van der Waals surface area contributed by atoms with Gasteiger partial charge in [-0.25, -0.2) is 0 Å². The van der Waals surface area contributed by atoms with E-state index in [-0.39, 0.29) is 22.8 Å². The van der Waals surface area contributed by atoms with E-state index in [9.17, 15) is 13.2 Å². The van der Waals surface area contributed by atoms with Crippen molar-refractivity contribution in [3.63, 3.8) is 0 Å². The normalized spacial score (nSPS) is 19.1. The topological polar surface area (TPSA) is 78.8 Å². The molecule has 1 fully saturated rings. The first-order chi connectivity index (χ1) is 14.4. The fourth-order valence-electron chi connectivity index (χ4n) is 4.13. The highest BCUT2D eigenvalue weighted by Gasteiger charge is 2.34. The number of benzene rings is 2. The molecular weight excluding hydrogens is 398 g/mol. The van der Waals surface area contributed by atoms with Crippen molar-refractivity contribution in [2.24, 2.45) is 10.3 Å². The number of amides is 1. The molecule has 1 atom stereocenters. The number of carbonyl (C=O) groups excluding carboxylic acids is 1. The van der Waals surface area contributed by atoms with Crippen molar-refractivity contribution in [2.45, 2.75) is 43.5 Å². The van der Waals surface area contributed by atoms with Gasteiger partial charge in [-0.15, -0.1) is 4.40 Å². The van der Waals surface area contributed by atoms with Crippen LogP contribution in [-0.4, -0.2) is 44.2 Å². The Labute approximate surface area is 178 Å². The molecular formula is C23H27N3O3S. The molecule has 7 heteroatoms. The quantitative estimate of drug-likeness (QED) is 0.799. The van der Waals surface area contributed by atoms with Crippen LogP contribution in [0.15, 0.2) is 63.9 Å². The number of fused-ring (bicyclic) bond motifs is 1. The van der Waals surface area contributed by atoms with Crippen molar-refractivity contribution in [1.82, 2.24) is 10.2 Å². The predicted octanol–water partition coefficient (Wildman–Crippen LogP) is 2.99. The van der Waals surface area contributed by atoms with E-state index in [4.69, 9.17) is 0 Å². The van der Waals surface area contributed by atoms with E-state index < -0.39 is 10.0 Å². The Kier molecular flexibility index (Phi) is 5.90. The van der Waals surface area contributed by atoms with Gasteiger partial charge >= 0.3 is 0 Å².